The number of imidazole rings is 1. The molecule has 0 unspecified atom stereocenters. The molecule has 0 spiro atoms. The maximum Gasteiger partial charge on any atom is 0.469 e. The van der Waals surface area contributed by atoms with Crippen molar-refractivity contribution in [2.75, 3.05) is 13.7 Å². The average Bonchev–Trinajstić information content (AvgIpc) is 3.36. The average molecular weight is 576 g/mol. The third kappa shape index (κ3) is 7.56. The predicted molar refractivity (Wildman–Crippen MR) is 144 cm³/mol. The quantitative estimate of drug-likeness (QED) is 0.211. The molecule has 0 aliphatic heterocycles. The number of benzene rings is 2. The summed E-state index contributed by atoms with van der Waals surface area (Å²) in [5.74, 6) is 6.92. The Labute approximate surface area is 227 Å². The van der Waals surface area contributed by atoms with E-state index in [1.807, 2.05) is 48.5 Å². The van der Waals surface area contributed by atoms with Crippen molar-refractivity contribution in [1.29, 1.82) is 0 Å². The highest BCUT2D eigenvalue weighted by Crippen LogP contribution is 2.37. The zero-order chi connectivity index (χ0) is 28.2. The predicted octanol–water partition coefficient (Wildman–Crippen LogP) is 2.76. The minimum absolute atomic E-state index is 0.128. The molecule has 1 aliphatic carbocycles. The number of hydrogen-bond donors (Lipinski definition) is 4. The smallest absolute Gasteiger partial charge is 0.469 e. The molecular weight excluding hydrogens is 545 g/mol. The molecule has 0 saturated heterocycles. The van der Waals surface area contributed by atoms with Gasteiger partial charge in [0.2, 0.25) is 10.0 Å². The second-order valence-electron chi connectivity index (χ2n) is 9.12. The number of ether oxygens (including phenoxy) is 1. The molecular formula is C26H30N3O8PS. The Balaban J connectivity index is 1.42. The Hall–Kier alpha value is -3.01. The molecule has 2 atom stereocenters. The Morgan fingerprint density at radius 3 is 2.31 bits per heavy atom. The maximum atomic E-state index is 11.8. The fourth-order valence-corrected chi connectivity index (χ4v) is 5.74. The normalized spacial score (nSPS) is 18.9. The second-order valence-corrected chi connectivity index (χ2v) is 12.5. The molecule has 1 fully saturated rings. The molecule has 0 amide bonds. The Morgan fingerprint density at radius 1 is 1.13 bits per heavy atom. The summed E-state index contributed by atoms with van der Waals surface area (Å²) in [4.78, 5) is 22.3. The van der Waals surface area contributed by atoms with Crippen LogP contribution < -0.4 is 9.46 Å². The lowest BCUT2D eigenvalue weighted by Gasteiger charge is -2.34. The fraction of sp³-hybridized carbons (Fsp3) is 0.346. The monoisotopic (exact) mass is 575 g/mol. The first-order valence-electron chi connectivity index (χ1n) is 12.2. The van der Waals surface area contributed by atoms with Crippen molar-refractivity contribution in [1.82, 2.24) is 14.3 Å². The lowest BCUT2D eigenvalue weighted by molar-refractivity contribution is 0.122. The van der Waals surface area contributed by atoms with Gasteiger partial charge < -0.3 is 24.2 Å². The van der Waals surface area contributed by atoms with Crippen molar-refractivity contribution in [2.24, 2.45) is 0 Å². The lowest BCUT2D eigenvalue weighted by atomic mass is 9.95. The zero-order valence-electron chi connectivity index (χ0n) is 21.3. The number of hydrogen-bond acceptors (Lipinski definition) is 7. The standard InChI is InChI=1S/C26H30N3O8PS/c1-18(30)26-28-13-14-29(26)22(17-36-38(31,32)33)10-5-19-3-6-20(7-4-19)21-8-11-23(12-9-21)37-24-15-25(16-24)39(34,35)27-2/h3-4,6-9,11-14,18,22,24-25,27,30H,15-17H2,1-2H3,(H2,31,32,33)/t18-,22-,24?,25?/m0/s1. The van der Waals surface area contributed by atoms with Crippen LogP contribution in [0.3, 0.4) is 0 Å². The molecule has 208 valence electrons. The number of phosphoric ester groups is 1. The first-order chi connectivity index (χ1) is 18.4. The van der Waals surface area contributed by atoms with Crippen LogP contribution in [0.4, 0.5) is 0 Å². The van der Waals surface area contributed by atoms with Crippen molar-refractivity contribution in [3.63, 3.8) is 0 Å². The van der Waals surface area contributed by atoms with Gasteiger partial charge in [0, 0.05) is 30.8 Å². The van der Waals surface area contributed by atoms with Gasteiger partial charge in [-0.05, 0) is 49.4 Å². The van der Waals surface area contributed by atoms with E-state index in [2.05, 4.69) is 26.1 Å². The molecule has 0 bridgehead atoms. The van der Waals surface area contributed by atoms with Crippen molar-refractivity contribution < 1.29 is 37.1 Å². The number of rotatable bonds is 10. The van der Waals surface area contributed by atoms with Crippen molar-refractivity contribution in [3.05, 3.63) is 72.3 Å². The number of phosphoric acid groups is 1. The number of sulfonamides is 1. The van der Waals surface area contributed by atoms with E-state index in [0.29, 0.717) is 30.0 Å². The van der Waals surface area contributed by atoms with Gasteiger partial charge in [-0.2, -0.15) is 0 Å². The van der Waals surface area contributed by atoms with Crippen LogP contribution in [-0.2, 0) is 19.1 Å². The molecule has 1 heterocycles. The summed E-state index contributed by atoms with van der Waals surface area (Å²) in [6.45, 7) is 1.14. The van der Waals surface area contributed by atoms with Crippen LogP contribution in [-0.4, -0.2) is 57.9 Å². The molecule has 1 aromatic heterocycles. The third-order valence-electron chi connectivity index (χ3n) is 6.34. The largest absolute Gasteiger partial charge is 0.490 e. The van der Waals surface area contributed by atoms with Crippen LogP contribution in [0, 0.1) is 11.8 Å². The first-order valence-corrected chi connectivity index (χ1v) is 15.2. The van der Waals surface area contributed by atoms with E-state index in [-0.39, 0.29) is 6.10 Å². The summed E-state index contributed by atoms with van der Waals surface area (Å²) in [5, 5.41) is 9.55. The van der Waals surface area contributed by atoms with Gasteiger partial charge >= 0.3 is 7.82 Å². The topological polar surface area (TPSA) is 160 Å². The van der Waals surface area contributed by atoms with Gasteiger partial charge in [0.1, 0.15) is 29.8 Å². The molecule has 4 N–H and O–H groups in total. The van der Waals surface area contributed by atoms with E-state index in [1.54, 1.807) is 6.20 Å². The minimum atomic E-state index is -4.72. The molecule has 1 aliphatic rings. The second kappa shape index (κ2) is 12.0. The van der Waals surface area contributed by atoms with Crippen LogP contribution in [0.1, 0.15) is 43.3 Å². The number of aromatic nitrogens is 2. The Kier molecular flexibility index (Phi) is 8.93. The zero-order valence-corrected chi connectivity index (χ0v) is 23.0. The maximum absolute atomic E-state index is 11.8. The van der Waals surface area contributed by atoms with Crippen molar-refractivity contribution >= 4 is 17.8 Å². The summed E-state index contributed by atoms with van der Waals surface area (Å²) < 4.78 is 49.3. The summed E-state index contributed by atoms with van der Waals surface area (Å²) >= 11 is 0. The van der Waals surface area contributed by atoms with Gasteiger partial charge in [-0.3, -0.25) is 4.52 Å². The molecule has 3 aromatic rings. The van der Waals surface area contributed by atoms with E-state index in [1.165, 1.54) is 24.7 Å². The fourth-order valence-electron chi connectivity index (χ4n) is 4.14. The molecule has 39 heavy (non-hydrogen) atoms. The van der Waals surface area contributed by atoms with E-state index in [4.69, 9.17) is 14.5 Å². The first kappa shape index (κ1) is 29.0. The Bertz CT molecular complexity index is 1480. The van der Waals surface area contributed by atoms with E-state index in [0.717, 1.165) is 11.1 Å². The van der Waals surface area contributed by atoms with Crippen molar-refractivity contribution in [3.8, 4) is 28.7 Å². The summed E-state index contributed by atoms with van der Waals surface area (Å²) in [7, 11) is -6.56. The third-order valence-corrected chi connectivity index (χ3v) is 8.66. The summed E-state index contributed by atoms with van der Waals surface area (Å²) in [6, 6.07) is 14.2. The Morgan fingerprint density at radius 2 is 1.74 bits per heavy atom. The van der Waals surface area contributed by atoms with Crippen LogP contribution in [0.2, 0.25) is 0 Å². The van der Waals surface area contributed by atoms with E-state index >= 15 is 0 Å². The van der Waals surface area contributed by atoms with Gasteiger partial charge in [0.25, 0.3) is 0 Å². The highest BCUT2D eigenvalue weighted by molar-refractivity contribution is 7.90. The van der Waals surface area contributed by atoms with Gasteiger partial charge in [-0.1, -0.05) is 36.1 Å². The van der Waals surface area contributed by atoms with Gasteiger partial charge in [0.05, 0.1) is 11.9 Å². The SMILES string of the molecule is CNS(=O)(=O)C1CC(Oc2ccc(-c3ccc(C#C[C@@H](COP(=O)(O)O)n4ccnc4[C@H](C)O)cc3)cc2)C1. The van der Waals surface area contributed by atoms with Gasteiger partial charge in [-0.15, -0.1) is 0 Å². The molecule has 1 saturated carbocycles. The van der Waals surface area contributed by atoms with E-state index in [9.17, 15) is 18.1 Å². The number of nitrogens with one attached hydrogen (secondary N) is 1. The van der Waals surface area contributed by atoms with Crippen molar-refractivity contribution in [2.45, 2.75) is 43.3 Å². The molecule has 2 aromatic carbocycles. The number of nitrogens with zero attached hydrogens (tertiary/aromatic N) is 2. The lowest BCUT2D eigenvalue weighted by Crippen LogP contribution is -2.46. The molecule has 0 radical (unpaired) electrons. The van der Waals surface area contributed by atoms with Crippen LogP contribution in [0.15, 0.2) is 60.9 Å². The van der Waals surface area contributed by atoms with Crippen LogP contribution in [0.5, 0.6) is 5.75 Å². The van der Waals surface area contributed by atoms with Gasteiger partial charge in [0.15, 0.2) is 0 Å². The summed E-state index contributed by atoms with van der Waals surface area (Å²) in [6.07, 6.45) is 2.92. The number of aliphatic hydroxyl groups is 1. The summed E-state index contributed by atoms with van der Waals surface area (Å²) in [5.41, 5.74) is 2.58. The number of aliphatic hydroxyl groups excluding tert-OH is 1. The molecule has 13 heteroatoms. The highest BCUT2D eigenvalue weighted by Gasteiger charge is 2.39. The van der Waals surface area contributed by atoms with E-state index < -0.39 is 41.8 Å². The molecule has 4 rings (SSSR count). The highest BCUT2D eigenvalue weighted by atomic mass is 32.2. The van der Waals surface area contributed by atoms with Gasteiger partial charge in [-0.25, -0.2) is 22.7 Å². The van der Waals surface area contributed by atoms with Crippen LogP contribution >= 0.6 is 7.82 Å². The van der Waals surface area contributed by atoms with Crippen LogP contribution in [0.25, 0.3) is 11.1 Å². The minimum Gasteiger partial charge on any atom is -0.490 e. The molecule has 11 nitrogen and oxygen atoms in total.